The van der Waals surface area contributed by atoms with Crippen LogP contribution in [0.2, 0.25) is 0 Å². The number of carbonyl (C=O) groups is 4. The Balaban J connectivity index is 1.57. The number of fused-ring (bicyclic) bond motifs is 7. The van der Waals surface area contributed by atoms with Gasteiger partial charge in [-0.05, 0) is 63.8 Å². The molecular weight excluding hydrogens is 466 g/mol. The summed E-state index contributed by atoms with van der Waals surface area (Å²) in [7, 11) is 1.29. The Morgan fingerprint density at radius 2 is 1.86 bits per heavy atom. The van der Waals surface area contributed by atoms with E-state index in [-0.39, 0.29) is 23.4 Å². The van der Waals surface area contributed by atoms with E-state index in [0.29, 0.717) is 17.1 Å². The Labute approximate surface area is 207 Å². The molecule has 35 heavy (non-hydrogen) atoms. The summed E-state index contributed by atoms with van der Waals surface area (Å²) in [6, 6.07) is 3.71. The van der Waals surface area contributed by atoms with Crippen LogP contribution >= 0.6 is 11.3 Å². The minimum atomic E-state index is -1.23. The Morgan fingerprint density at radius 1 is 1.11 bits per heavy atom. The quantitative estimate of drug-likeness (QED) is 0.510. The third-order valence-corrected chi connectivity index (χ3v) is 9.85. The number of imide groups is 1. The van der Waals surface area contributed by atoms with Crippen molar-refractivity contribution in [1.29, 1.82) is 0 Å². The summed E-state index contributed by atoms with van der Waals surface area (Å²) in [5.74, 6) is -3.05. The van der Waals surface area contributed by atoms with E-state index in [1.165, 1.54) is 23.3 Å². The molecule has 4 aliphatic heterocycles. The molecule has 0 aliphatic carbocycles. The van der Waals surface area contributed by atoms with Crippen molar-refractivity contribution in [3.8, 4) is 0 Å². The normalized spacial score (nSPS) is 29.1. The maximum atomic E-state index is 14.2. The van der Waals surface area contributed by atoms with Crippen LogP contribution in [0.4, 0.5) is 10.7 Å². The molecular formula is C26H27N3O5S. The first-order chi connectivity index (χ1) is 16.7. The molecule has 1 aromatic heterocycles. The van der Waals surface area contributed by atoms with Crippen LogP contribution in [0.3, 0.4) is 0 Å². The number of carbonyl (C=O) groups excluding carboxylic acids is 4. The number of ether oxygens (including phenoxy) is 1. The van der Waals surface area contributed by atoms with Crippen LogP contribution < -0.4 is 10.2 Å². The van der Waals surface area contributed by atoms with Crippen LogP contribution in [-0.2, 0) is 24.7 Å². The molecule has 2 aromatic rings. The van der Waals surface area contributed by atoms with E-state index in [1.807, 2.05) is 32.9 Å². The lowest BCUT2D eigenvalue weighted by atomic mass is 9.75. The number of nitrogens with one attached hydrogen (secondary N) is 1. The summed E-state index contributed by atoms with van der Waals surface area (Å²) in [4.78, 5) is 58.9. The molecule has 0 unspecified atom stereocenters. The maximum absolute atomic E-state index is 14.2. The zero-order valence-electron chi connectivity index (χ0n) is 20.4. The van der Waals surface area contributed by atoms with Gasteiger partial charge in [0.1, 0.15) is 10.5 Å². The number of hydrogen-bond donors (Lipinski definition) is 1. The molecule has 8 nitrogen and oxygen atoms in total. The molecule has 4 atom stereocenters. The van der Waals surface area contributed by atoms with Crippen molar-refractivity contribution in [3.63, 3.8) is 0 Å². The lowest BCUT2D eigenvalue weighted by Crippen LogP contribution is -2.54. The number of aryl methyl sites for hydroxylation is 2. The Kier molecular flexibility index (Phi) is 4.64. The van der Waals surface area contributed by atoms with Gasteiger partial charge >= 0.3 is 5.97 Å². The van der Waals surface area contributed by atoms with E-state index in [0.717, 1.165) is 40.1 Å². The van der Waals surface area contributed by atoms with Crippen molar-refractivity contribution < 1.29 is 23.9 Å². The number of esters is 1. The first kappa shape index (κ1) is 22.4. The molecule has 0 radical (unpaired) electrons. The first-order valence-electron chi connectivity index (χ1n) is 11.9. The van der Waals surface area contributed by atoms with Crippen LogP contribution in [0.25, 0.3) is 0 Å². The second kappa shape index (κ2) is 7.24. The predicted octanol–water partition coefficient (Wildman–Crippen LogP) is 3.20. The number of amides is 3. The van der Waals surface area contributed by atoms with Gasteiger partial charge < -0.3 is 10.1 Å². The van der Waals surface area contributed by atoms with Crippen LogP contribution in [0.1, 0.15) is 50.3 Å². The van der Waals surface area contributed by atoms with Gasteiger partial charge in [-0.3, -0.25) is 19.3 Å². The third kappa shape index (κ3) is 2.50. The molecule has 4 aliphatic rings. The molecule has 6 rings (SSSR count). The van der Waals surface area contributed by atoms with E-state index in [4.69, 9.17) is 4.74 Å². The van der Waals surface area contributed by atoms with Gasteiger partial charge in [-0.15, -0.1) is 11.3 Å². The fraction of sp³-hybridized carbons (Fsp3) is 0.462. The molecule has 182 valence electrons. The monoisotopic (exact) mass is 493 g/mol. The summed E-state index contributed by atoms with van der Waals surface area (Å²) < 4.78 is 4.99. The van der Waals surface area contributed by atoms with E-state index < -0.39 is 29.3 Å². The van der Waals surface area contributed by atoms with Crippen molar-refractivity contribution in [2.45, 2.75) is 52.1 Å². The zero-order chi connectivity index (χ0) is 25.0. The number of hydrogen-bond acceptors (Lipinski definition) is 7. The van der Waals surface area contributed by atoms with Gasteiger partial charge in [-0.25, -0.2) is 9.69 Å². The Bertz CT molecular complexity index is 1360. The van der Waals surface area contributed by atoms with Crippen molar-refractivity contribution >= 4 is 45.7 Å². The molecule has 5 heterocycles. The number of thiophene rings is 1. The van der Waals surface area contributed by atoms with Crippen LogP contribution in [-0.4, -0.2) is 48.3 Å². The largest absolute Gasteiger partial charge is 0.465 e. The minimum Gasteiger partial charge on any atom is -0.465 e. The highest BCUT2D eigenvalue weighted by Crippen LogP contribution is 2.61. The molecule has 1 aromatic carbocycles. The van der Waals surface area contributed by atoms with Crippen molar-refractivity contribution in [2.24, 2.45) is 11.8 Å². The lowest BCUT2D eigenvalue weighted by molar-refractivity contribution is -0.135. The van der Waals surface area contributed by atoms with Crippen molar-refractivity contribution in [2.75, 3.05) is 23.9 Å². The zero-order valence-corrected chi connectivity index (χ0v) is 21.2. The summed E-state index contributed by atoms with van der Waals surface area (Å²) >= 11 is 1.24. The van der Waals surface area contributed by atoms with Gasteiger partial charge in [0.25, 0.3) is 0 Å². The molecule has 3 amide bonds. The molecule has 1 spiro atoms. The van der Waals surface area contributed by atoms with E-state index in [1.54, 1.807) is 6.92 Å². The van der Waals surface area contributed by atoms with Crippen LogP contribution in [0.15, 0.2) is 12.1 Å². The maximum Gasteiger partial charge on any atom is 0.341 e. The standard InChI is InChI=1S/C26H27N3O5S/c1-11-8-9-15-20(12(11)2)27-25(33)26(15)19-18(16-7-6-10-28(16)26)21(30)29(22(19)31)23-17(24(32)34-5)13(3)14(4)35-23/h8-9,16,18-19H,6-7,10H2,1-5H3,(H,27,33)/t16-,18-,19-,26-/m1/s1. The Morgan fingerprint density at radius 3 is 2.57 bits per heavy atom. The highest BCUT2D eigenvalue weighted by molar-refractivity contribution is 7.17. The molecule has 0 bridgehead atoms. The highest BCUT2D eigenvalue weighted by Gasteiger charge is 2.75. The number of benzene rings is 1. The van der Waals surface area contributed by atoms with Crippen LogP contribution in [0, 0.1) is 39.5 Å². The fourth-order valence-corrected chi connectivity index (χ4v) is 7.98. The van der Waals surface area contributed by atoms with Gasteiger partial charge in [-0.1, -0.05) is 12.1 Å². The summed E-state index contributed by atoms with van der Waals surface area (Å²) in [5, 5.41) is 3.37. The van der Waals surface area contributed by atoms with E-state index in [9.17, 15) is 19.2 Å². The molecule has 0 saturated carbocycles. The van der Waals surface area contributed by atoms with Gasteiger partial charge in [0.15, 0.2) is 0 Å². The van der Waals surface area contributed by atoms with Gasteiger partial charge in [0, 0.05) is 22.2 Å². The van der Waals surface area contributed by atoms with E-state index in [2.05, 4.69) is 10.2 Å². The highest BCUT2D eigenvalue weighted by atomic mass is 32.1. The number of nitrogens with zero attached hydrogens (tertiary/aromatic N) is 2. The molecule has 3 fully saturated rings. The second-order valence-electron chi connectivity index (χ2n) is 10.0. The van der Waals surface area contributed by atoms with Crippen LogP contribution in [0.5, 0.6) is 0 Å². The molecule has 9 heteroatoms. The van der Waals surface area contributed by atoms with Crippen molar-refractivity contribution in [3.05, 3.63) is 44.8 Å². The second-order valence-corrected chi connectivity index (χ2v) is 11.2. The smallest absolute Gasteiger partial charge is 0.341 e. The minimum absolute atomic E-state index is 0.205. The third-order valence-electron chi connectivity index (χ3n) is 8.66. The van der Waals surface area contributed by atoms with Gasteiger partial charge in [0.2, 0.25) is 17.7 Å². The first-order valence-corrected chi connectivity index (χ1v) is 12.7. The fourth-order valence-electron chi connectivity index (χ4n) is 6.83. The topological polar surface area (TPSA) is 96.0 Å². The van der Waals surface area contributed by atoms with E-state index >= 15 is 0 Å². The number of methoxy groups -OCH3 is 1. The SMILES string of the molecule is COC(=O)c1c(N2C(=O)[C@@H]3[C@H]4CCCN4[C@@]4(C(=O)Nc5c4ccc(C)c5C)[C@H]3C2=O)sc(C)c1C. The molecule has 1 N–H and O–H groups in total. The summed E-state index contributed by atoms with van der Waals surface area (Å²) in [6.07, 6.45) is 1.60. The number of rotatable bonds is 2. The van der Waals surface area contributed by atoms with Gasteiger partial charge in [-0.2, -0.15) is 0 Å². The summed E-state index contributed by atoms with van der Waals surface area (Å²) in [5.41, 5.74) is 3.26. The Hall–Kier alpha value is -3.04. The van der Waals surface area contributed by atoms with Crippen molar-refractivity contribution in [1.82, 2.24) is 4.90 Å². The lowest BCUT2D eigenvalue weighted by Gasteiger charge is -2.36. The summed E-state index contributed by atoms with van der Waals surface area (Å²) in [6.45, 7) is 8.26. The van der Waals surface area contributed by atoms with Gasteiger partial charge in [0.05, 0.1) is 24.5 Å². The molecule has 3 saturated heterocycles. The average molecular weight is 494 g/mol. The average Bonchev–Trinajstić information content (AvgIpc) is 3.58. The predicted molar refractivity (Wildman–Crippen MR) is 131 cm³/mol. The number of anilines is 2.